The molecule has 0 radical (unpaired) electrons. The number of likely N-dealkylation sites (tertiary alicyclic amines) is 1. The Balaban J connectivity index is 2.07. The Morgan fingerprint density at radius 3 is 2.67 bits per heavy atom. The fourth-order valence-corrected chi connectivity index (χ4v) is 3.66. The molecule has 0 aromatic heterocycles. The van der Waals surface area contributed by atoms with Crippen LogP contribution in [-0.4, -0.2) is 23.5 Å². The lowest BCUT2D eigenvalue weighted by Gasteiger charge is -2.47. The molecule has 1 saturated heterocycles. The fraction of sp³-hybridized carbons (Fsp3) is 0.857. The van der Waals surface area contributed by atoms with Gasteiger partial charge in [0.1, 0.15) is 0 Å². The molecule has 0 aromatic carbocycles. The SMILES string of the molecule is CC=CC1CCC2CCCCC2N1CC. The Morgan fingerprint density at radius 1 is 1.13 bits per heavy atom. The summed E-state index contributed by atoms with van der Waals surface area (Å²) in [5, 5.41) is 0. The molecule has 0 bridgehead atoms. The van der Waals surface area contributed by atoms with E-state index in [9.17, 15) is 0 Å². The van der Waals surface area contributed by atoms with E-state index in [4.69, 9.17) is 0 Å². The zero-order chi connectivity index (χ0) is 10.7. The van der Waals surface area contributed by atoms with Crippen LogP contribution in [0, 0.1) is 5.92 Å². The number of hydrogen-bond donors (Lipinski definition) is 0. The summed E-state index contributed by atoms with van der Waals surface area (Å²) >= 11 is 0. The second-order valence-electron chi connectivity index (χ2n) is 5.11. The smallest absolute Gasteiger partial charge is 0.0281 e. The average molecular weight is 207 g/mol. The summed E-state index contributed by atoms with van der Waals surface area (Å²) in [6.45, 7) is 5.71. The third-order valence-electron chi connectivity index (χ3n) is 4.33. The molecule has 1 aliphatic carbocycles. The summed E-state index contributed by atoms with van der Waals surface area (Å²) in [5.41, 5.74) is 0. The van der Waals surface area contributed by atoms with Crippen molar-refractivity contribution in [1.29, 1.82) is 0 Å². The first-order valence-electron chi connectivity index (χ1n) is 6.75. The number of fused-ring (bicyclic) bond motifs is 1. The van der Waals surface area contributed by atoms with Gasteiger partial charge < -0.3 is 0 Å². The van der Waals surface area contributed by atoms with Gasteiger partial charge in [0.05, 0.1) is 0 Å². The van der Waals surface area contributed by atoms with Crippen molar-refractivity contribution in [3.8, 4) is 0 Å². The molecule has 2 rings (SSSR count). The van der Waals surface area contributed by atoms with Crippen LogP contribution in [-0.2, 0) is 0 Å². The molecule has 3 atom stereocenters. The van der Waals surface area contributed by atoms with Crippen molar-refractivity contribution >= 4 is 0 Å². The van der Waals surface area contributed by atoms with Crippen LogP contribution in [0.2, 0.25) is 0 Å². The van der Waals surface area contributed by atoms with E-state index in [1.807, 2.05) is 0 Å². The molecule has 1 saturated carbocycles. The Kier molecular flexibility index (Phi) is 3.85. The minimum Gasteiger partial charge on any atom is -0.294 e. The Hall–Kier alpha value is -0.300. The Labute approximate surface area is 94.5 Å². The molecule has 0 aromatic rings. The van der Waals surface area contributed by atoms with Gasteiger partial charge in [-0.25, -0.2) is 0 Å². The van der Waals surface area contributed by atoms with Gasteiger partial charge in [-0.05, 0) is 45.1 Å². The van der Waals surface area contributed by atoms with Gasteiger partial charge in [-0.3, -0.25) is 4.90 Å². The molecule has 15 heavy (non-hydrogen) atoms. The largest absolute Gasteiger partial charge is 0.294 e. The van der Waals surface area contributed by atoms with Crippen LogP contribution in [0.4, 0.5) is 0 Å². The van der Waals surface area contributed by atoms with E-state index in [0.29, 0.717) is 0 Å². The van der Waals surface area contributed by atoms with E-state index < -0.39 is 0 Å². The molecule has 2 fully saturated rings. The van der Waals surface area contributed by atoms with Crippen molar-refractivity contribution in [3.05, 3.63) is 12.2 Å². The van der Waals surface area contributed by atoms with Gasteiger partial charge in [-0.2, -0.15) is 0 Å². The number of piperidine rings is 1. The Morgan fingerprint density at radius 2 is 1.93 bits per heavy atom. The molecule has 0 amide bonds. The van der Waals surface area contributed by atoms with Crippen LogP contribution >= 0.6 is 0 Å². The highest BCUT2D eigenvalue weighted by Gasteiger charge is 2.36. The zero-order valence-corrected chi connectivity index (χ0v) is 10.3. The predicted molar refractivity (Wildman–Crippen MR) is 66.0 cm³/mol. The van der Waals surface area contributed by atoms with E-state index in [1.165, 1.54) is 45.1 Å². The lowest BCUT2D eigenvalue weighted by Crippen LogP contribution is -2.51. The minimum absolute atomic E-state index is 0.736. The second kappa shape index (κ2) is 5.16. The average Bonchev–Trinajstić information content (AvgIpc) is 2.29. The van der Waals surface area contributed by atoms with Crippen LogP contribution in [0.5, 0.6) is 0 Å². The number of likely N-dealkylation sites (N-methyl/N-ethyl adjacent to an activating group) is 1. The maximum absolute atomic E-state index is 2.76. The predicted octanol–water partition coefficient (Wildman–Crippen LogP) is 3.61. The monoisotopic (exact) mass is 207 g/mol. The molecule has 3 unspecified atom stereocenters. The van der Waals surface area contributed by atoms with Crippen LogP contribution in [0.1, 0.15) is 52.4 Å². The first-order chi connectivity index (χ1) is 7.36. The van der Waals surface area contributed by atoms with Crippen molar-refractivity contribution in [2.75, 3.05) is 6.54 Å². The third kappa shape index (κ3) is 2.28. The molecular formula is C14H25N. The molecule has 1 heteroatoms. The first-order valence-corrected chi connectivity index (χ1v) is 6.75. The zero-order valence-electron chi connectivity index (χ0n) is 10.3. The molecule has 1 heterocycles. The molecule has 0 spiro atoms. The van der Waals surface area contributed by atoms with Gasteiger partial charge in [-0.15, -0.1) is 0 Å². The molecule has 0 N–H and O–H groups in total. The summed E-state index contributed by atoms with van der Waals surface area (Å²) < 4.78 is 0. The maximum Gasteiger partial charge on any atom is 0.0281 e. The van der Waals surface area contributed by atoms with E-state index in [0.717, 1.165) is 18.0 Å². The van der Waals surface area contributed by atoms with Crippen molar-refractivity contribution < 1.29 is 0 Å². The number of nitrogens with zero attached hydrogens (tertiary/aromatic N) is 1. The van der Waals surface area contributed by atoms with Gasteiger partial charge in [0.15, 0.2) is 0 Å². The van der Waals surface area contributed by atoms with Gasteiger partial charge in [0.25, 0.3) is 0 Å². The molecule has 86 valence electrons. The van der Waals surface area contributed by atoms with E-state index in [2.05, 4.69) is 30.9 Å². The van der Waals surface area contributed by atoms with Crippen molar-refractivity contribution in [3.63, 3.8) is 0 Å². The van der Waals surface area contributed by atoms with Gasteiger partial charge in [-0.1, -0.05) is 31.9 Å². The van der Waals surface area contributed by atoms with Gasteiger partial charge >= 0.3 is 0 Å². The maximum atomic E-state index is 2.76. The highest BCUT2D eigenvalue weighted by molar-refractivity contribution is 5.00. The van der Waals surface area contributed by atoms with Crippen LogP contribution in [0.25, 0.3) is 0 Å². The standard InChI is InChI=1S/C14H25N/c1-3-7-13-11-10-12-8-5-6-9-14(12)15(13)4-2/h3,7,12-14H,4-6,8-11H2,1-2H3. The van der Waals surface area contributed by atoms with Crippen molar-refractivity contribution in [2.45, 2.75) is 64.5 Å². The summed E-state index contributed by atoms with van der Waals surface area (Å²) in [7, 11) is 0. The van der Waals surface area contributed by atoms with Crippen LogP contribution in [0.3, 0.4) is 0 Å². The van der Waals surface area contributed by atoms with Gasteiger partial charge in [0, 0.05) is 12.1 Å². The molecule has 1 nitrogen and oxygen atoms in total. The number of rotatable bonds is 2. The third-order valence-corrected chi connectivity index (χ3v) is 4.33. The summed E-state index contributed by atoms with van der Waals surface area (Å²) in [6, 6.07) is 1.64. The lowest BCUT2D eigenvalue weighted by molar-refractivity contribution is 0.0375. The van der Waals surface area contributed by atoms with Gasteiger partial charge in [0.2, 0.25) is 0 Å². The quantitative estimate of drug-likeness (QED) is 0.625. The van der Waals surface area contributed by atoms with E-state index >= 15 is 0 Å². The molecular weight excluding hydrogens is 182 g/mol. The molecule has 2 aliphatic rings. The first kappa shape index (κ1) is 11.2. The van der Waals surface area contributed by atoms with E-state index in [-0.39, 0.29) is 0 Å². The summed E-state index contributed by atoms with van der Waals surface area (Å²) in [6.07, 6.45) is 13.4. The second-order valence-corrected chi connectivity index (χ2v) is 5.11. The topological polar surface area (TPSA) is 3.24 Å². The fourth-order valence-electron chi connectivity index (χ4n) is 3.66. The highest BCUT2D eigenvalue weighted by Crippen LogP contribution is 2.37. The summed E-state index contributed by atoms with van der Waals surface area (Å²) in [4.78, 5) is 2.76. The number of hydrogen-bond acceptors (Lipinski definition) is 1. The van der Waals surface area contributed by atoms with Crippen LogP contribution in [0.15, 0.2) is 12.2 Å². The van der Waals surface area contributed by atoms with Crippen LogP contribution < -0.4 is 0 Å². The van der Waals surface area contributed by atoms with Crippen molar-refractivity contribution in [2.24, 2.45) is 5.92 Å². The highest BCUT2D eigenvalue weighted by atomic mass is 15.2. The van der Waals surface area contributed by atoms with Crippen molar-refractivity contribution in [1.82, 2.24) is 4.90 Å². The molecule has 1 aliphatic heterocycles. The summed E-state index contributed by atoms with van der Waals surface area (Å²) in [5.74, 6) is 1.01. The Bertz CT molecular complexity index is 221. The van der Waals surface area contributed by atoms with E-state index in [1.54, 1.807) is 0 Å². The number of allylic oxidation sites excluding steroid dienone is 1. The minimum atomic E-state index is 0.736. The lowest BCUT2D eigenvalue weighted by atomic mass is 9.76. The normalized spacial score (nSPS) is 38.1.